The molecule has 0 fully saturated rings. The first kappa shape index (κ1) is 19.8. The summed E-state index contributed by atoms with van der Waals surface area (Å²) in [5.41, 5.74) is 3.06. The highest BCUT2D eigenvalue weighted by molar-refractivity contribution is 7.98. The maximum atomic E-state index is 12.1. The molecule has 6 heteroatoms. The van der Waals surface area contributed by atoms with Gasteiger partial charge in [0, 0.05) is 24.2 Å². The van der Waals surface area contributed by atoms with Crippen molar-refractivity contribution < 1.29 is 9.53 Å². The molecule has 2 aromatic carbocycles. The molecule has 0 spiro atoms. The van der Waals surface area contributed by atoms with E-state index in [0.717, 1.165) is 39.8 Å². The number of carbonyl (C=O) groups excluding carboxylic acids is 1. The predicted octanol–water partition coefficient (Wildman–Crippen LogP) is 4.75. The fourth-order valence-electron chi connectivity index (χ4n) is 2.62. The zero-order valence-corrected chi connectivity index (χ0v) is 16.5. The SMILES string of the molecule is COc1ccc(CCNC(=O)Nc2cccc(CSc3ccccn3)c2)cc1. The Morgan fingerprint density at radius 3 is 2.64 bits per heavy atom. The highest BCUT2D eigenvalue weighted by atomic mass is 32.2. The molecule has 0 aliphatic carbocycles. The van der Waals surface area contributed by atoms with Gasteiger partial charge in [0.2, 0.25) is 0 Å². The Labute approximate surface area is 169 Å². The number of hydrogen-bond acceptors (Lipinski definition) is 4. The van der Waals surface area contributed by atoms with Gasteiger partial charge < -0.3 is 15.4 Å². The Hall–Kier alpha value is -2.99. The van der Waals surface area contributed by atoms with Crippen LogP contribution in [0.5, 0.6) is 5.75 Å². The van der Waals surface area contributed by atoms with Crippen LogP contribution in [-0.4, -0.2) is 24.7 Å². The van der Waals surface area contributed by atoms with Crippen molar-refractivity contribution in [1.29, 1.82) is 0 Å². The van der Waals surface area contributed by atoms with E-state index in [9.17, 15) is 4.79 Å². The van der Waals surface area contributed by atoms with E-state index in [1.807, 2.05) is 66.7 Å². The molecule has 3 rings (SSSR count). The molecule has 3 aromatic rings. The fourth-order valence-corrected chi connectivity index (χ4v) is 3.42. The van der Waals surface area contributed by atoms with Crippen molar-refractivity contribution in [3.05, 3.63) is 84.1 Å². The third kappa shape index (κ3) is 6.32. The number of anilines is 1. The van der Waals surface area contributed by atoms with E-state index >= 15 is 0 Å². The Bertz CT molecular complexity index is 886. The summed E-state index contributed by atoms with van der Waals surface area (Å²) < 4.78 is 5.15. The number of pyridine rings is 1. The number of nitrogens with one attached hydrogen (secondary N) is 2. The highest BCUT2D eigenvalue weighted by Crippen LogP contribution is 2.22. The zero-order valence-electron chi connectivity index (χ0n) is 15.7. The van der Waals surface area contributed by atoms with Gasteiger partial charge in [0.1, 0.15) is 5.75 Å². The Balaban J connectivity index is 1.44. The molecule has 0 atom stereocenters. The summed E-state index contributed by atoms with van der Waals surface area (Å²) in [6, 6.07) is 21.4. The molecule has 0 bridgehead atoms. The fraction of sp³-hybridized carbons (Fsp3) is 0.182. The monoisotopic (exact) mass is 393 g/mol. The second-order valence-electron chi connectivity index (χ2n) is 6.14. The van der Waals surface area contributed by atoms with Crippen LogP contribution in [-0.2, 0) is 12.2 Å². The highest BCUT2D eigenvalue weighted by Gasteiger charge is 2.04. The lowest BCUT2D eigenvalue weighted by Gasteiger charge is -2.09. The molecule has 0 saturated carbocycles. The molecule has 1 heterocycles. The van der Waals surface area contributed by atoms with Gasteiger partial charge in [-0.25, -0.2) is 9.78 Å². The molecule has 0 unspecified atom stereocenters. The van der Waals surface area contributed by atoms with Crippen molar-refractivity contribution >= 4 is 23.5 Å². The molecular formula is C22H23N3O2S. The Morgan fingerprint density at radius 1 is 1.04 bits per heavy atom. The normalized spacial score (nSPS) is 10.3. The zero-order chi connectivity index (χ0) is 19.6. The van der Waals surface area contributed by atoms with Crippen molar-refractivity contribution in [3.8, 4) is 5.75 Å². The first-order chi connectivity index (χ1) is 13.7. The number of aromatic nitrogens is 1. The van der Waals surface area contributed by atoms with Gasteiger partial charge >= 0.3 is 6.03 Å². The molecule has 0 saturated heterocycles. The number of amides is 2. The molecular weight excluding hydrogens is 370 g/mol. The molecule has 5 nitrogen and oxygen atoms in total. The number of carbonyl (C=O) groups is 1. The number of thioether (sulfide) groups is 1. The molecule has 2 amide bonds. The minimum Gasteiger partial charge on any atom is -0.497 e. The van der Waals surface area contributed by atoms with Crippen LogP contribution in [0.3, 0.4) is 0 Å². The van der Waals surface area contributed by atoms with Crippen LogP contribution in [0.15, 0.2) is 78.0 Å². The molecule has 2 N–H and O–H groups in total. The number of benzene rings is 2. The van der Waals surface area contributed by atoms with Crippen molar-refractivity contribution in [2.45, 2.75) is 17.2 Å². The van der Waals surface area contributed by atoms with Crippen LogP contribution in [0.25, 0.3) is 0 Å². The summed E-state index contributed by atoms with van der Waals surface area (Å²) in [6.45, 7) is 0.563. The number of nitrogens with zero attached hydrogens (tertiary/aromatic N) is 1. The largest absolute Gasteiger partial charge is 0.497 e. The molecule has 28 heavy (non-hydrogen) atoms. The van der Waals surface area contributed by atoms with Crippen LogP contribution in [0.2, 0.25) is 0 Å². The summed E-state index contributed by atoms with van der Waals surface area (Å²) >= 11 is 1.67. The van der Waals surface area contributed by atoms with Gasteiger partial charge in [-0.05, 0) is 53.9 Å². The van der Waals surface area contributed by atoms with Gasteiger partial charge in [-0.15, -0.1) is 11.8 Å². The van der Waals surface area contributed by atoms with Gasteiger partial charge in [0.25, 0.3) is 0 Å². The minimum atomic E-state index is -0.206. The minimum absolute atomic E-state index is 0.206. The number of hydrogen-bond donors (Lipinski definition) is 2. The van der Waals surface area contributed by atoms with Crippen LogP contribution < -0.4 is 15.4 Å². The van der Waals surface area contributed by atoms with Crippen LogP contribution in [0.4, 0.5) is 10.5 Å². The number of urea groups is 1. The van der Waals surface area contributed by atoms with E-state index in [2.05, 4.69) is 15.6 Å². The van der Waals surface area contributed by atoms with Crippen molar-refractivity contribution in [3.63, 3.8) is 0 Å². The first-order valence-corrected chi connectivity index (χ1v) is 10.0. The Kier molecular flexibility index (Phi) is 7.32. The summed E-state index contributed by atoms with van der Waals surface area (Å²) in [7, 11) is 1.65. The maximum absolute atomic E-state index is 12.1. The first-order valence-electron chi connectivity index (χ1n) is 9.03. The van der Waals surface area contributed by atoms with Crippen molar-refractivity contribution in [1.82, 2.24) is 10.3 Å². The summed E-state index contributed by atoms with van der Waals surface area (Å²) in [4.78, 5) is 16.4. The lowest BCUT2D eigenvalue weighted by Crippen LogP contribution is -2.30. The maximum Gasteiger partial charge on any atom is 0.319 e. The third-order valence-corrected chi connectivity index (χ3v) is 5.08. The average molecular weight is 394 g/mol. The van der Waals surface area contributed by atoms with Crippen molar-refractivity contribution in [2.24, 2.45) is 0 Å². The molecule has 0 aliphatic heterocycles. The smallest absolute Gasteiger partial charge is 0.319 e. The summed E-state index contributed by atoms with van der Waals surface area (Å²) in [5, 5.41) is 6.76. The second kappa shape index (κ2) is 10.4. The van der Waals surface area contributed by atoms with Gasteiger partial charge in [-0.3, -0.25) is 0 Å². The van der Waals surface area contributed by atoms with E-state index < -0.39 is 0 Å². The van der Waals surface area contributed by atoms with E-state index in [1.54, 1.807) is 25.1 Å². The molecule has 0 radical (unpaired) electrons. The second-order valence-corrected chi connectivity index (χ2v) is 7.13. The van der Waals surface area contributed by atoms with Gasteiger partial charge in [-0.2, -0.15) is 0 Å². The van der Waals surface area contributed by atoms with Crippen LogP contribution >= 0.6 is 11.8 Å². The van der Waals surface area contributed by atoms with Gasteiger partial charge in [-0.1, -0.05) is 30.3 Å². The van der Waals surface area contributed by atoms with Crippen molar-refractivity contribution in [2.75, 3.05) is 19.0 Å². The van der Waals surface area contributed by atoms with E-state index in [4.69, 9.17) is 4.74 Å². The predicted molar refractivity (Wildman–Crippen MR) is 114 cm³/mol. The quantitative estimate of drug-likeness (QED) is 0.542. The van der Waals surface area contributed by atoms with E-state index in [1.165, 1.54) is 0 Å². The topological polar surface area (TPSA) is 63.2 Å². The average Bonchev–Trinajstić information content (AvgIpc) is 2.74. The number of methoxy groups -OCH3 is 1. The molecule has 1 aromatic heterocycles. The summed E-state index contributed by atoms with van der Waals surface area (Å²) in [6.07, 6.45) is 2.55. The van der Waals surface area contributed by atoms with Gasteiger partial charge in [0.15, 0.2) is 0 Å². The molecule has 144 valence electrons. The van der Waals surface area contributed by atoms with Crippen LogP contribution in [0.1, 0.15) is 11.1 Å². The lowest BCUT2D eigenvalue weighted by molar-refractivity contribution is 0.252. The van der Waals surface area contributed by atoms with Gasteiger partial charge in [0.05, 0.1) is 12.1 Å². The van der Waals surface area contributed by atoms with E-state index in [0.29, 0.717) is 6.54 Å². The number of ether oxygens (including phenoxy) is 1. The van der Waals surface area contributed by atoms with E-state index in [-0.39, 0.29) is 6.03 Å². The number of rotatable bonds is 8. The standard InChI is InChI=1S/C22H23N3O2S/c1-27-20-10-8-17(9-11-20)12-14-24-22(26)25-19-6-4-5-18(15-19)16-28-21-7-2-3-13-23-21/h2-11,13,15H,12,14,16H2,1H3,(H2,24,25,26). The third-order valence-electron chi connectivity index (χ3n) is 4.07. The van der Waals surface area contributed by atoms with Crippen LogP contribution in [0, 0.1) is 0 Å². The summed E-state index contributed by atoms with van der Waals surface area (Å²) in [5.74, 6) is 1.63. The Morgan fingerprint density at radius 2 is 1.89 bits per heavy atom. The molecule has 0 aliphatic rings. The lowest BCUT2D eigenvalue weighted by atomic mass is 10.1.